The van der Waals surface area contributed by atoms with E-state index in [1.807, 2.05) is 6.92 Å². The molecular weight excluding hydrogens is 150 g/mol. The van der Waals surface area contributed by atoms with Crippen LogP contribution in [0.4, 0.5) is 0 Å². The summed E-state index contributed by atoms with van der Waals surface area (Å²) in [6.07, 6.45) is 0. The Morgan fingerprint density at radius 1 is 1.42 bits per heavy atom. The van der Waals surface area contributed by atoms with Gasteiger partial charge < -0.3 is 5.32 Å². The Morgan fingerprint density at radius 3 is 2.50 bits per heavy atom. The highest BCUT2D eigenvalue weighted by molar-refractivity contribution is 4.97. The molecule has 2 fully saturated rings. The average Bonchev–Trinajstić information content (AvgIpc) is 2.60. The van der Waals surface area contributed by atoms with Crippen LogP contribution in [0, 0.1) is 23.2 Å². The lowest BCUT2D eigenvalue weighted by Gasteiger charge is -2.18. The topological polar surface area (TPSA) is 39.1 Å². The molecule has 3 nitrogen and oxygen atoms in total. The van der Waals surface area contributed by atoms with E-state index < -0.39 is 0 Å². The van der Waals surface area contributed by atoms with Crippen LogP contribution in [0.3, 0.4) is 0 Å². The monoisotopic (exact) mass is 165 g/mol. The highest BCUT2D eigenvalue weighted by Gasteiger charge is 2.37. The zero-order chi connectivity index (χ0) is 8.55. The molecule has 0 spiro atoms. The summed E-state index contributed by atoms with van der Waals surface area (Å²) in [5.74, 6) is 1.61. The van der Waals surface area contributed by atoms with Gasteiger partial charge in [-0.25, -0.2) is 0 Å². The molecule has 0 aliphatic carbocycles. The number of hydrogen-bond acceptors (Lipinski definition) is 3. The van der Waals surface area contributed by atoms with E-state index >= 15 is 0 Å². The van der Waals surface area contributed by atoms with Crippen molar-refractivity contribution in [1.29, 1.82) is 5.26 Å². The molecule has 2 heterocycles. The van der Waals surface area contributed by atoms with E-state index in [1.54, 1.807) is 0 Å². The third kappa shape index (κ3) is 1.21. The molecule has 0 aromatic heterocycles. The molecule has 0 aromatic rings. The summed E-state index contributed by atoms with van der Waals surface area (Å²) >= 11 is 0. The van der Waals surface area contributed by atoms with Crippen molar-refractivity contribution in [3.8, 4) is 6.07 Å². The standard InChI is InChI=1S/C9H15N3/c1-7(2-10)12-5-8-3-11-4-9(8)6-12/h7-9,11H,3-6H2,1H3/t7?,8-,9+. The zero-order valence-electron chi connectivity index (χ0n) is 7.45. The highest BCUT2D eigenvalue weighted by Crippen LogP contribution is 2.27. The molecule has 1 N–H and O–H groups in total. The number of hydrogen-bond donors (Lipinski definition) is 1. The second-order valence-corrected chi connectivity index (χ2v) is 3.94. The second-order valence-electron chi connectivity index (χ2n) is 3.94. The first kappa shape index (κ1) is 8.03. The van der Waals surface area contributed by atoms with Gasteiger partial charge >= 0.3 is 0 Å². The first-order valence-corrected chi connectivity index (χ1v) is 4.65. The summed E-state index contributed by atoms with van der Waals surface area (Å²) in [6, 6.07) is 2.41. The van der Waals surface area contributed by atoms with Crippen molar-refractivity contribution in [3.05, 3.63) is 0 Å². The van der Waals surface area contributed by atoms with Crippen LogP contribution in [0.25, 0.3) is 0 Å². The van der Waals surface area contributed by atoms with Crippen LogP contribution in [0.15, 0.2) is 0 Å². The summed E-state index contributed by atoms with van der Waals surface area (Å²) in [5, 5.41) is 12.1. The van der Waals surface area contributed by atoms with E-state index in [4.69, 9.17) is 5.26 Å². The minimum absolute atomic E-state index is 0.107. The molecule has 0 amide bonds. The van der Waals surface area contributed by atoms with E-state index in [0.717, 1.165) is 38.0 Å². The lowest BCUT2D eigenvalue weighted by molar-refractivity contribution is 0.283. The van der Waals surface area contributed by atoms with Gasteiger partial charge in [0.2, 0.25) is 0 Å². The molecule has 2 aliphatic heterocycles. The van der Waals surface area contributed by atoms with Crippen molar-refractivity contribution in [2.75, 3.05) is 26.2 Å². The van der Waals surface area contributed by atoms with Crippen LogP contribution in [-0.2, 0) is 0 Å². The Bertz CT molecular complexity index is 196. The van der Waals surface area contributed by atoms with Gasteiger partial charge in [0, 0.05) is 13.1 Å². The van der Waals surface area contributed by atoms with Crippen LogP contribution in [0.2, 0.25) is 0 Å². The van der Waals surface area contributed by atoms with Gasteiger partial charge in [-0.3, -0.25) is 4.90 Å². The molecule has 2 aliphatic rings. The number of likely N-dealkylation sites (tertiary alicyclic amines) is 1. The Morgan fingerprint density at radius 2 is 2.00 bits per heavy atom. The van der Waals surface area contributed by atoms with E-state index in [9.17, 15) is 0 Å². The van der Waals surface area contributed by atoms with Gasteiger partial charge in [0.1, 0.15) is 0 Å². The van der Waals surface area contributed by atoms with Gasteiger partial charge in [0.05, 0.1) is 12.1 Å². The fraction of sp³-hybridized carbons (Fsp3) is 0.889. The van der Waals surface area contributed by atoms with Crippen molar-refractivity contribution >= 4 is 0 Å². The molecule has 12 heavy (non-hydrogen) atoms. The minimum atomic E-state index is 0.107. The quantitative estimate of drug-likeness (QED) is 0.596. The molecule has 3 atom stereocenters. The Kier molecular flexibility index (Phi) is 2.03. The van der Waals surface area contributed by atoms with Crippen molar-refractivity contribution in [3.63, 3.8) is 0 Å². The maximum Gasteiger partial charge on any atom is 0.0949 e. The SMILES string of the molecule is CC(C#N)N1C[C@H]2CNC[C@H]2C1. The third-order valence-electron chi connectivity index (χ3n) is 3.15. The average molecular weight is 165 g/mol. The molecule has 0 saturated carbocycles. The normalized spacial score (nSPS) is 37.7. The molecule has 1 unspecified atom stereocenters. The largest absolute Gasteiger partial charge is 0.316 e. The fourth-order valence-electron chi connectivity index (χ4n) is 2.29. The zero-order valence-corrected chi connectivity index (χ0v) is 7.45. The van der Waals surface area contributed by atoms with Crippen LogP contribution in [-0.4, -0.2) is 37.1 Å². The van der Waals surface area contributed by atoms with E-state index in [-0.39, 0.29) is 6.04 Å². The molecule has 0 aromatic carbocycles. The lowest BCUT2D eigenvalue weighted by atomic mass is 10.0. The minimum Gasteiger partial charge on any atom is -0.316 e. The molecular formula is C9H15N3. The maximum absolute atomic E-state index is 8.75. The Hall–Kier alpha value is -0.590. The number of rotatable bonds is 1. The molecule has 0 radical (unpaired) electrons. The van der Waals surface area contributed by atoms with Crippen LogP contribution in [0.1, 0.15) is 6.92 Å². The van der Waals surface area contributed by atoms with Crippen molar-refractivity contribution in [2.24, 2.45) is 11.8 Å². The van der Waals surface area contributed by atoms with Gasteiger partial charge in [-0.15, -0.1) is 0 Å². The van der Waals surface area contributed by atoms with Crippen molar-refractivity contribution in [2.45, 2.75) is 13.0 Å². The summed E-state index contributed by atoms with van der Waals surface area (Å²) in [7, 11) is 0. The second kappa shape index (κ2) is 3.04. The molecule has 66 valence electrons. The molecule has 2 saturated heterocycles. The maximum atomic E-state index is 8.75. The smallest absolute Gasteiger partial charge is 0.0949 e. The van der Waals surface area contributed by atoms with Crippen LogP contribution in [0.5, 0.6) is 0 Å². The predicted molar refractivity (Wildman–Crippen MR) is 46.5 cm³/mol. The number of nitriles is 1. The lowest BCUT2D eigenvalue weighted by Crippen LogP contribution is -2.32. The third-order valence-corrected chi connectivity index (χ3v) is 3.15. The predicted octanol–water partition coefficient (Wildman–Crippen LogP) is 0.0497. The number of nitrogens with zero attached hydrogens (tertiary/aromatic N) is 2. The number of nitrogens with one attached hydrogen (secondary N) is 1. The van der Waals surface area contributed by atoms with Gasteiger partial charge in [0.15, 0.2) is 0 Å². The summed E-state index contributed by atoms with van der Waals surface area (Å²) in [4.78, 5) is 2.30. The molecule has 2 rings (SSSR count). The van der Waals surface area contributed by atoms with Gasteiger partial charge in [-0.1, -0.05) is 0 Å². The fourth-order valence-corrected chi connectivity index (χ4v) is 2.29. The molecule has 3 heteroatoms. The van der Waals surface area contributed by atoms with Crippen LogP contribution < -0.4 is 5.32 Å². The van der Waals surface area contributed by atoms with Crippen LogP contribution >= 0.6 is 0 Å². The first-order valence-electron chi connectivity index (χ1n) is 4.65. The Labute approximate surface area is 73.3 Å². The Balaban J connectivity index is 1.95. The van der Waals surface area contributed by atoms with Gasteiger partial charge in [-0.2, -0.15) is 5.26 Å². The van der Waals surface area contributed by atoms with Crippen molar-refractivity contribution in [1.82, 2.24) is 10.2 Å². The highest BCUT2D eigenvalue weighted by atomic mass is 15.2. The van der Waals surface area contributed by atoms with Gasteiger partial charge in [-0.05, 0) is 31.8 Å². The summed E-state index contributed by atoms with van der Waals surface area (Å²) in [6.45, 7) is 6.53. The van der Waals surface area contributed by atoms with E-state index in [2.05, 4.69) is 16.3 Å². The summed E-state index contributed by atoms with van der Waals surface area (Å²) in [5.41, 5.74) is 0. The van der Waals surface area contributed by atoms with E-state index in [0.29, 0.717) is 0 Å². The number of fused-ring (bicyclic) bond motifs is 1. The first-order chi connectivity index (χ1) is 5.81. The molecule has 0 bridgehead atoms. The summed E-state index contributed by atoms with van der Waals surface area (Å²) < 4.78 is 0. The van der Waals surface area contributed by atoms with Gasteiger partial charge in [0.25, 0.3) is 0 Å². The van der Waals surface area contributed by atoms with E-state index in [1.165, 1.54) is 0 Å². The van der Waals surface area contributed by atoms with Crippen molar-refractivity contribution < 1.29 is 0 Å².